The summed E-state index contributed by atoms with van der Waals surface area (Å²) < 4.78 is 0. The zero-order valence-corrected chi connectivity index (χ0v) is 12.5. The number of nitrogens with zero attached hydrogens (tertiary/aromatic N) is 1. The lowest BCUT2D eigenvalue weighted by Gasteiger charge is -2.10. The third-order valence-corrected chi connectivity index (χ3v) is 3.97. The molecule has 1 saturated heterocycles. The fourth-order valence-electron chi connectivity index (χ4n) is 1.79. The van der Waals surface area contributed by atoms with Gasteiger partial charge in [0.05, 0.1) is 4.91 Å². The van der Waals surface area contributed by atoms with Gasteiger partial charge in [-0.2, -0.15) is 0 Å². The third kappa shape index (κ3) is 4.09. The standard InChI is InChI=1S/C14H12ClNO4S/c15-10-5-3-9(4-6-10)8-11-13(19)16(14(20)21-11)7-1-2-12(17)18/h3-6,8H,1-2,7H2,(H,17,18)/b11-8-. The van der Waals surface area contributed by atoms with Crippen LogP contribution in [0, 0.1) is 0 Å². The first-order chi connectivity index (χ1) is 9.97. The number of carboxylic acids is 1. The lowest BCUT2D eigenvalue weighted by atomic mass is 10.2. The number of amides is 2. The van der Waals surface area contributed by atoms with Gasteiger partial charge in [0.1, 0.15) is 0 Å². The summed E-state index contributed by atoms with van der Waals surface area (Å²) in [7, 11) is 0. The van der Waals surface area contributed by atoms with E-state index in [1.54, 1.807) is 30.3 Å². The molecule has 5 nitrogen and oxygen atoms in total. The first-order valence-electron chi connectivity index (χ1n) is 6.20. The highest BCUT2D eigenvalue weighted by atomic mass is 35.5. The number of imide groups is 1. The van der Waals surface area contributed by atoms with E-state index < -0.39 is 5.97 Å². The van der Waals surface area contributed by atoms with Crippen LogP contribution < -0.4 is 0 Å². The summed E-state index contributed by atoms with van der Waals surface area (Å²) in [6.07, 6.45) is 1.80. The van der Waals surface area contributed by atoms with E-state index in [0.29, 0.717) is 9.93 Å². The van der Waals surface area contributed by atoms with Crippen molar-refractivity contribution in [1.29, 1.82) is 0 Å². The van der Waals surface area contributed by atoms with Crippen molar-refractivity contribution in [2.24, 2.45) is 0 Å². The molecular formula is C14H12ClNO4S. The van der Waals surface area contributed by atoms with Gasteiger partial charge in [-0.3, -0.25) is 19.3 Å². The smallest absolute Gasteiger partial charge is 0.303 e. The van der Waals surface area contributed by atoms with Crippen molar-refractivity contribution in [3.63, 3.8) is 0 Å². The average Bonchev–Trinajstić information content (AvgIpc) is 2.68. The number of hydrogen-bond acceptors (Lipinski definition) is 4. The second kappa shape index (κ2) is 6.78. The van der Waals surface area contributed by atoms with Gasteiger partial charge in [0.2, 0.25) is 0 Å². The predicted molar refractivity (Wildman–Crippen MR) is 81.0 cm³/mol. The molecule has 0 aliphatic carbocycles. The SMILES string of the molecule is O=C(O)CCCN1C(=O)S/C(=C\c2ccc(Cl)cc2)C1=O. The molecule has 7 heteroatoms. The van der Waals surface area contributed by atoms with Crippen molar-refractivity contribution in [3.8, 4) is 0 Å². The van der Waals surface area contributed by atoms with Gasteiger partial charge in [-0.1, -0.05) is 23.7 Å². The summed E-state index contributed by atoms with van der Waals surface area (Å²) in [5.74, 6) is -1.33. The monoisotopic (exact) mass is 325 g/mol. The number of thioether (sulfide) groups is 1. The van der Waals surface area contributed by atoms with E-state index in [1.165, 1.54) is 0 Å². The van der Waals surface area contributed by atoms with Crippen LogP contribution in [0.3, 0.4) is 0 Å². The summed E-state index contributed by atoms with van der Waals surface area (Å²) in [6, 6.07) is 6.90. The average molecular weight is 326 g/mol. The molecule has 1 aromatic rings. The zero-order chi connectivity index (χ0) is 15.4. The van der Waals surface area contributed by atoms with Crippen molar-refractivity contribution < 1.29 is 19.5 Å². The third-order valence-electron chi connectivity index (χ3n) is 2.81. The summed E-state index contributed by atoms with van der Waals surface area (Å²) >= 11 is 6.64. The minimum absolute atomic E-state index is 0.0715. The van der Waals surface area contributed by atoms with Gasteiger partial charge in [0.15, 0.2) is 0 Å². The van der Waals surface area contributed by atoms with E-state index >= 15 is 0 Å². The molecule has 1 aliphatic heterocycles. The van der Waals surface area contributed by atoms with E-state index in [-0.39, 0.29) is 30.5 Å². The first kappa shape index (κ1) is 15.6. The van der Waals surface area contributed by atoms with E-state index in [0.717, 1.165) is 22.2 Å². The summed E-state index contributed by atoms with van der Waals surface area (Å²) in [6.45, 7) is 0.120. The molecule has 0 atom stereocenters. The van der Waals surface area contributed by atoms with Crippen LogP contribution in [-0.4, -0.2) is 33.7 Å². The molecule has 0 saturated carbocycles. The van der Waals surface area contributed by atoms with Crippen LogP contribution >= 0.6 is 23.4 Å². The van der Waals surface area contributed by atoms with Crippen molar-refractivity contribution >= 4 is 46.6 Å². The van der Waals surface area contributed by atoms with Gasteiger partial charge in [-0.25, -0.2) is 0 Å². The summed E-state index contributed by atoms with van der Waals surface area (Å²) in [4.78, 5) is 35.7. The molecule has 0 aromatic heterocycles. The van der Waals surface area contributed by atoms with Crippen LogP contribution in [0.1, 0.15) is 18.4 Å². The molecule has 1 heterocycles. The molecule has 110 valence electrons. The van der Waals surface area contributed by atoms with Gasteiger partial charge in [0.25, 0.3) is 11.1 Å². The molecule has 2 amide bonds. The molecular weight excluding hydrogens is 314 g/mol. The van der Waals surface area contributed by atoms with Gasteiger partial charge >= 0.3 is 5.97 Å². The Balaban J connectivity index is 2.06. The Morgan fingerprint density at radius 3 is 2.57 bits per heavy atom. The van der Waals surface area contributed by atoms with Crippen molar-refractivity contribution in [1.82, 2.24) is 4.90 Å². The molecule has 1 fully saturated rings. The Morgan fingerprint density at radius 1 is 1.29 bits per heavy atom. The number of rotatable bonds is 5. The van der Waals surface area contributed by atoms with Gasteiger partial charge in [-0.05, 0) is 42.0 Å². The number of halogens is 1. The molecule has 1 N–H and O–H groups in total. The molecule has 0 radical (unpaired) electrons. The highest BCUT2D eigenvalue weighted by Gasteiger charge is 2.34. The first-order valence-corrected chi connectivity index (χ1v) is 7.39. The van der Waals surface area contributed by atoms with E-state index in [4.69, 9.17) is 16.7 Å². The van der Waals surface area contributed by atoms with Crippen molar-refractivity contribution in [2.75, 3.05) is 6.54 Å². The topological polar surface area (TPSA) is 74.7 Å². The minimum Gasteiger partial charge on any atom is -0.481 e. The molecule has 21 heavy (non-hydrogen) atoms. The van der Waals surface area contributed by atoms with E-state index in [1.807, 2.05) is 0 Å². The van der Waals surface area contributed by atoms with Crippen molar-refractivity contribution in [2.45, 2.75) is 12.8 Å². The summed E-state index contributed by atoms with van der Waals surface area (Å²) in [5, 5.41) is 8.79. The number of aliphatic carboxylic acids is 1. The molecule has 1 aliphatic rings. The minimum atomic E-state index is -0.946. The van der Waals surface area contributed by atoms with E-state index in [9.17, 15) is 14.4 Å². The molecule has 1 aromatic carbocycles. The molecule has 0 unspecified atom stereocenters. The second-order valence-corrected chi connectivity index (χ2v) is 5.81. The van der Waals surface area contributed by atoms with Crippen LogP contribution in [0.25, 0.3) is 6.08 Å². The van der Waals surface area contributed by atoms with Gasteiger partial charge < -0.3 is 5.11 Å². The number of hydrogen-bond donors (Lipinski definition) is 1. The molecule has 0 spiro atoms. The Morgan fingerprint density at radius 2 is 1.95 bits per heavy atom. The highest BCUT2D eigenvalue weighted by Crippen LogP contribution is 2.32. The van der Waals surface area contributed by atoms with Crippen LogP contribution in [0.5, 0.6) is 0 Å². The number of carbonyl (C=O) groups is 3. The Labute approximate surface area is 130 Å². The van der Waals surface area contributed by atoms with Crippen LogP contribution in [-0.2, 0) is 9.59 Å². The van der Waals surface area contributed by atoms with Crippen LogP contribution in [0.15, 0.2) is 29.2 Å². The highest BCUT2D eigenvalue weighted by molar-refractivity contribution is 8.18. The lowest BCUT2D eigenvalue weighted by Crippen LogP contribution is -2.29. The number of carboxylic acid groups (broad SMARTS) is 1. The maximum atomic E-state index is 12.1. The Kier molecular flexibility index (Phi) is 5.03. The van der Waals surface area contributed by atoms with Crippen molar-refractivity contribution in [3.05, 3.63) is 39.8 Å². The predicted octanol–water partition coefficient (Wildman–Crippen LogP) is 3.24. The maximum Gasteiger partial charge on any atom is 0.303 e. The fourth-order valence-corrected chi connectivity index (χ4v) is 2.78. The lowest BCUT2D eigenvalue weighted by molar-refractivity contribution is -0.137. The van der Waals surface area contributed by atoms with Gasteiger partial charge in [-0.15, -0.1) is 0 Å². The summed E-state index contributed by atoms with van der Waals surface area (Å²) in [5.41, 5.74) is 0.774. The Hall–Kier alpha value is -1.79. The Bertz CT molecular complexity index is 612. The molecule has 0 bridgehead atoms. The quantitative estimate of drug-likeness (QED) is 0.841. The maximum absolute atomic E-state index is 12.1. The normalized spacial score (nSPS) is 16.8. The largest absolute Gasteiger partial charge is 0.481 e. The van der Waals surface area contributed by atoms with E-state index in [2.05, 4.69) is 0 Å². The number of carbonyl (C=O) groups excluding carboxylic acids is 2. The number of benzene rings is 1. The zero-order valence-electron chi connectivity index (χ0n) is 10.9. The van der Waals surface area contributed by atoms with Crippen LogP contribution in [0.2, 0.25) is 5.02 Å². The van der Waals surface area contributed by atoms with Crippen LogP contribution in [0.4, 0.5) is 4.79 Å². The second-order valence-electron chi connectivity index (χ2n) is 4.38. The van der Waals surface area contributed by atoms with Gasteiger partial charge in [0, 0.05) is 18.0 Å². The molecule has 2 rings (SSSR count). The fraction of sp³-hybridized carbons (Fsp3) is 0.214.